The maximum atomic E-state index is 12.6. The van der Waals surface area contributed by atoms with Crippen molar-refractivity contribution >= 4 is 22.4 Å². The number of anilines is 1. The van der Waals surface area contributed by atoms with Crippen molar-refractivity contribution in [1.29, 1.82) is 0 Å². The second kappa shape index (κ2) is 6.43. The fourth-order valence-corrected chi connectivity index (χ4v) is 2.48. The van der Waals surface area contributed by atoms with Gasteiger partial charge in [0, 0.05) is 17.3 Å². The van der Waals surface area contributed by atoms with Gasteiger partial charge in [0.15, 0.2) is 0 Å². The molecule has 0 saturated heterocycles. The van der Waals surface area contributed by atoms with Crippen molar-refractivity contribution in [3.05, 3.63) is 66.0 Å². The van der Waals surface area contributed by atoms with E-state index in [1.807, 2.05) is 24.3 Å². The van der Waals surface area contributed by atoms with E-state index >= 15 is 0 Å². The number of carbonyl (C=O) groups is 1. The van der Waals surface area contributed by atoms with Crippen LogP contribution in [0.2, 0.25) is 0 Å². The van der Waals surface area contributed by atoms with Crippen molar-refractivity contribution in [2.75, 3.05) is 5.32 Å². The number of nitrogens with one attached hydrogen (secondary N) is 1. The van der Waals surface area contributed by atoms with E-state index in [0.29, 0.717) is 16.9 Å². The highest BCUT2D eigenvalue weighted by molar-refractivity contribution is 6.13. The average Bonchev–Trinajstić information content (AvgIpc) is 2.55. The Kier molecular flexibility index (Phi) is 4.31. The molecule has 0 aliphatic rings. The molecule has 0 fully saturated rings. The highest BCUT2D eigenvalue weighted by Gasteiger charge is 2.31. The Labute approximate surface area is 141 Å². The van der Waals surface area contributed by atoms with E-state index in [1.54, 1.807) is 13.1 Å². The third kappa shape index (κ3) is 3.88. The Bertz CT molecular complexity index is 922. The number of fused-ring (bicyclic) bond motifs is 1. The SMILES string of the molecule is Cc1ncc2ccccc2c1C(=O)Nc1ccc(OC(F)(F)F)cc1. The van der Waals surface area contributed by atoms with Crippen LogP contribution in [0.4, 0.5) is 18.9 Å². The number of carbonyl (C=O) groups excluding carboxylic acids is 1. The van der Waals surface area contributed by atoms with Crippen molar-refractivity contribution < 1.29 is 22.7 Å². The number of aryl methyl sites for hydroxylation is 1. The Balaban J connectivity index is 1.85. The van der Waals surface area contributed by atoms with E-state index in [2.05, 4.69) is 15.0 Å². The molecule has 0 radical (unpaired) electrons. The fraction of sp³-hybridized carbons (Fsp3) is 0.111. The summed E-state index contributed by atoms with van der Waals surface area (Å²) < 4.78 is 40.3. The van der Waals surface area contributed by atoms with Gasteiger partial charge in [-0.25, -0.2) is 0 Å². The summed E-state index contributed by atoms with van der Waals surface area (Å²) in [6, 6.07) is 12.3. The van der Waals surface area contributed by atoms with Crippen LogP contribution >= 0.6 is 0 Å². The van der Waals surface area contributed by atoms with Gasteiger partial charge in [-0.1, -0.05) is 24.3 Å². The first-order chi connectivity index (χ1) is 11.8. The Morgan fingerprint density at radius 1 is 1.08 bits per heavy atom. The summed E-state index contributed by atoms with van der Waals surface area (Å²) in [6.07, 6.45) is -3.07. The summed E-state index contributed by atoms with van der Waals surface area (Å²) in [6.45, 7) is 1.72. The minimum atomic E-state index is -4.75. The van der Waals surface area contributed by atoms with Gasteiger partial charge in [-0.15, -0.1) is 13.2 Å². The third-order valence-corrected chi connectivity index (χ3v) is 3.56. The van der Waals surface area contributed by atoms with Crippen LogP contribution in [-0.4, -0.2) is 17.3 Å². The first-order valence-electron chi connectivity index (χ1n) is 7.35. The summed E-state index contributed by atoms with van der Waals surface area (Å²) in [4.78, 5) is 16.8. The molecule has 0 unspecified atom stereocenters. The molecule has 7 heteroatoms. The molecule has 0 saturated carbocycles. The standard InChI is InChI=1S/C18H13F3N2O2/c1-11-16(15-5-3-2-4-12(15)10-22-11)17(24)23-13-6-8-14(9-7-13)25-18(19,20)21/h2-10H,1H3,(H,23,24). The minimum absolute atomic E-state index is 0.353. The van der Waals surface area contributed by atoms with Gasteiger partial charge in [0.05, 0.1) is 11.3 Å². The molecule has 3 rings (SSSR count). The third-order valence-electron chi connectivity index (χ3n) is 3.56. The van der Waals surface area contributed by atoms with Crippen LogP contribution in [0.1, 0.15) is 16.1 Å². The van der Waals surface area contributed by atoms with Crippen LogP contribution < -0.4 is 10.1 Å². The molecule has 0 atom stereocenters. The normalized spacial score (nSPS) is 11.4. The number of halogens is 3. The van der Waals surface area contributed by atoms with Crippen LogP contribution in [0.25, 0.3) is 10.8 Å². The molecule has 0 bridgehead atoms. The van der Waals surface area contributed by atoms with Crippen LogP contribution in [-0.2, 0) is 0 Å². The van der Waals surface area contributed by atoms with Crippen molar-refractivity contribution in [2.45, 2.75) is 13.3 Å². The number of ether oxygens (including phenoxy) is 1. The first kappa shape index (κ1) is 16.8. The molecule has 0 aliphatic carbocycles. The molecule has 1 heterocycles. The maximum Gasteiger partial charge on any atom is 0.573 e. The summed E-state index contributed by atoms with van der Waals surface area (Å²) in [5.74, 6) is -0.736. The Hall–Kier alpha value is -3.09. The monoisotopic (exact) mass is 346 g/mol. The molecular formula is C18H13F3N2O2. The van der Waals surface area contributed by atoms with E-state index in [9.17, 15) is 18.0 Å². The number of alkyl halides is 3. The van der Waals surface area contributed by atoms with Gasteiger partial charge in [0.1, 0.15) is 5.75 Å². The van der Waals surface area contributed by atoms with Crippen molar-refractivity contribution in [2.24, 2.45) is 0 Å². The molecule has 3 aromatic rings. The number of pyridine rings is 1. The predicted octanol–water partition coefficient (Wildman–Crippen LogP) is 4.69. The number of nitrogens with zero attached hydrogens (tertiary/aromatic N) is 1. The van der Waals surface area contributed by atoms with E-state index in [-0.39, 0.29) is 11.7 Å². The molecule has 1 aromatic heterocycles. The lowest BCUT2D eigenvalue weighted by Gasteiger charge is -2.12. The highest BCUT2D eigenvalue weighted by Crippen LogP contribution is 2.25. The predicted molar refractivity (Wildman–Crippen MR) is 87.6 cm³/mol. The van der Waals surface area contributed by atoms with E-state index in [1.165, 1.54) is 12.1 Å². The zero-order valence-electron chi connectivity index (χ0n) is 13.1. The lowest BCUT2D eigenvalue weighted by atomic mass is 10.0. The number of hydrogen-bond donors (Lipinski definition) is 1. The second-order valence-electron chi connectivity index (χ2n) is 5.33. The van der Waals surface area contributed by atoms with Crippen molar-refractivity contribution in [3.63, 3.8) is 0 Å². The molecular weight excluding hydrogens is 333 g/mol. The number of benzene rings is 2. The van der Waals surface area contributed by atoms with Gasteiger partial charge >= 0.3 is 6.36 Å². The number of amides is 1. The Morgan fingerprint density at radius 3 is 2.44 bits per heavy atom. The molecule has 0 spiro atoms. The van der Waals surface area contributed by atoms with Crippen LogP contribution in [0.5, 0.6) is 5.75 Å². The fourth-order valence-electron chi connectivity index (χ4n) is 2.48. The summed E-state index contributed by atoms with van der Waals surface area (Å²) in [7, 11) is 0. The van der Waals surface area contributed by atoms with Crippen LogP contribution in [0.15, 0.2) is 54.7 Å². The quantitative estimate of drug-likeness (QED) is 0.748. The van der Waals surface area contributed by atoms with Gasteiger partial charge in [-0.2, -0.15) is 0 Å². The number of aromatic nitrogens is 1. The second-order valence-corrected chi connectivity index (χ2v) is 5.33. The smallest absolute Gasteiger partial charge is 0.406 e. The van der Waals surface area contributed by atoms with Crippen LogP contribution in [0.3, 0.4) is 0 Å². The van der Waals surface area contributed by atoms with Gasteiger partial charge in [0.25, 0.3) is 5.91 Å². The molecule has 0 aliphatic heterocycles. The summed E-state index contributed by atoms with van der Waals surface area (Å²) in [5, 5.41) is 4.25. The summed E-state index contributed by atoms with van der Waals surface area (Å²) >= 11 is 0. The zero-order chi connectivity index (χ0) is 18.0. The van der Waals surface area contributed by atoms with Gasteiger partial charge in [0.2, 0.25) is 0 Å². The first-order valence-corrected chi connectivity index (χ1v) is 7.35. The van der Waals surface area contributed by atoms with E-state index in [0.717, 1.165) is 22.9 Å². The van der Waals surface area contributed by atoms with E-state index in [4.69, 9.17) is 0 Å². The largest absolute Gasteiger partial charge is 0.573 e. The molecule has 25 heavy (non-hydrogen) atoms. The number of rotatable bonds is 3. The van der Waals surface area contributed by atoms with E-state index < -0.39 is 6.36 Å². The molecule has 1 amide bonds. The molecule has 2 aromatic carbocycles. The van der Waals surface area contributed by atoms with Gasteiger partial charge in [-0.3, -0.25) is 9.78 Å². The van der Waals surface area contributed by atoms with Gasteiger partial charge in [-0.05, 0) is 36.6 Å². The minimum Gasteiger partial charge on any atom is -0.406 e. The zero-order valence-corrected chi connectivity index (χ0v) is 13.1. The highest BCUT2D eigenvalue weighted by atomic mass is 19.4. The maximum absolute atomic E-state index is 12.6. The lowest BCUT2D eigenvalue weighted by Crippen LogP contribution is -2.17. The molecule has 4 nitrogen and oxygen atoms in total. The van der Waals surface area contributed by atoms with Crippen molar-refractivity contribution in [1.82, 2.24) is 4.98 Å². The topological polar surface area (TPSA) is 51.2 Å². The number of hydrogen-bond acceptors (Lipinski definition) is 3. The average molecular weight is 346 g/mol. The Morgan fingerprint density at radius 2 is 1.76 bits per heavy atom. The molecule has 1 N–H and O–H groups in total. The summed E-state index contributed by atoms with van der Waals surface area (Å²) in [5.41, 5.74) is 1.34. The van der Waals surface area contributed by atoms with Crippen LogP contribution in [0, 0.1) is 6.92 Å². The lowest BCUT2D eigenvalue weighted by molar-refractivity contribution is -0.274. The van der Waals surface area contributed by atoms with Gasteiger partial charge < -0.3 is 10.1 Å². The van der Waals surface area contributed by atoms with Crippen molar-refractivity contribution in [3.8, 4) is 5.75 Å². The molecule has 128 valence electrons.